The van der Waals surface area contributed by atoms with Crippen molar-refractivity contribution >= 4 is 40.2 Å². The van der Waals surface area contributed by atoms with Crippen molar-refractivity contribution in [2.45, 2.75) is 11.8 Å². The van der Waals surface area contributed by atoms with Crippen LogP contribution in [0, 0.1) is 6.92 Å². The Bertz CT molecular complexity index is 972. The van der Waals surface area contributed by atoms with E-state index in [0.29, 0.717) is 22.3 Å². The Hall–Kier alpha value is -2.86. The third-order valence-corrected chi connectivity index (χ3v) is 4.48. The third-order valence-electron chi connectivity index (χ3n) is 3.75. The molecule has 0 saturated carbocycles. The molecule has 1 amide bonds. The molecule has 1 aromatic heterocycles. The van der Waals surface area contributed by atoms with Gasteiger partial charge in [0, 0.05) is 21.7 Å². The number of esters is 1. The monoisotopic (exact) mass is 366 g/mol. The molecule has 6 heteroatoms. The minimum Gasteiger partial charge on any atom is -0.452 e. The molecule has 2 aromatic carbocycles. The molecule has 132 valence electrons. The number of carbonyl (C=O) groups is 2. The summed E-state index contributed by atoms with van der Waals surface area (Å²) in [6.45, 7) is 1.46. The maximum atomic E-state index is 12.4. The van der Waals surface area contributed by atoms with E-state index in [1.165, 1.54) is 0 Å². The molecule has 0 unspecified atom stereocenters. The van der Waals surface area contributed by atoms with Crippen molar-refractivity contribution in [1.29, 1.82) is 0 Å². The van der Waals surface area contributed by atoms with Crippen LogP contribution in [-0.4, -0.2) is 29.7 Å². The van der Waals surface area contributed by atoms with Gasteiger partial charge in [-0.25, -0.2) is 4.79 Å². The summed E-state index contributed by atoms with van der Waals surface area (Å²) in [5, 5.41) is 3.43. The molecule has 0 bridgehead atoms. The lowest BCUT2D eigenvalue weighted by atomic mass is 10.1. The van der Waals surface area contributed by atoms with Crippen LogP contribution in [0.3, 0.4) is 0 Å². The van der Waals surface area contributed by atoms with E-state index in [2.05, 4.69) is 10.3 Å². The maximum absolute atomic E-state index is 12.4. The zero-order chi connectivity index (χ0) is 18.5. The number of carbonyl (C=O) groups excluding carboxylic acids is 2. The van der Waals surface area contributed by atoms with Gasteiger partial charge in [0.2, 0.25) is 0 Å². The van der Waals surface area contributed by atoms with Crippen molar-refractivity contribution in [1.82, 2.24) is 4.98 Å². The molecular weight excluding hydrogens is 348 g/mol. The molecule has 1 heterocycles. The molecule has 26 heavy (non-hydrogen) atoms. The Morgan fingerprint density at radius 2 is 1.92 bits per heavy atom. The van der Waals surface area contributed by atoms with Gasteiger partial charge in [-0.3, -0.25) is 9.78 Å². The van der Waals surface area contributed by atoms with Gasteiger partial charge in [-0.1, -0.05) is 24.3 Å². The number of rotatable bonds is 5. The number of thioether (sulfide) groups is 1. The fraction of sp³-hybridized carbons (Fsp3) is 0.150. The summed E-state index contributed by atoms with van der Waals surface area (Å²) in [6, 6.07) is 16.5. The Labute approximate surface area is 155 Å². The molecule has 5 nitrogen and oxygen atoms in total. The van der Waals surface area contributed by atoms with E-state index >= 15 is 0 Å². The summed E-state index contributed by atoms with van der Waals surface area (Å²) in [4.78, 5) is 29.9. The molecule has 0 aliphatic heterocycles. The first kappa shape index (κ1) is 17.9. The van der Waals surface area contributed by atoms with Crippen molar-refractivity contribution < 1.29 is 14.3 Å². The van der Waals surface area contributed by atoms with E-state index in [4.69, 9.17) is 4.74 Å². The van der Waals surface area contributed by atoms with Crippen LogP contribution >= 0.6 is 11.8 Å². The van der Waals surface area contributed by atoms with Gasteiger partial charge in [0.25, 0.3) is 5.91 Å². The van der Waals surface area contributed by atoms with Gasteiger partial charge in [0.05, 0.1) is 11.1 Å². The molecule has 0 radical (unpaired) electrons. The molecule has 3 rings (SSSR count). The average molecular weight is 366 g/mol. The molecule has 0 fully saturated rings. The van der Waals surface area contributed by atoms with Crippen LogP contribution in [-0.2, 0) is 9.53 Å². The molecule has 0 aliphatic carbocycles. The second kappa shape index (κ2) is 8.01. The van der Waals surface area contributed by atoms with Crippen LogP contribution in [0.15, 0.2) is 59.5 Å². The summed E-state index contributed by atoms with van der Waals surface area (Å²) in [6.07, 6.45) is 1.96. The van der Waals surface area contributed by atoms with Gasteiger partial charge in [0.1, 0.15) is 0 Å². The smallest absolute Gasteiger partial charge is 0.339 e. The number of hydrogen-bond donors (Lipinski definition) is 1. The number of aryl methyl sites for hydroxylation is 1. The highest BCUT2D eigenvalue weighted by Crippen LogP contribution is 2.20. The zero-order valence-corrected chi connectivity index (χ0v) is 15.3. The first-order valence-electron chi connectivity index (χ1n) is 8.04. The first-order valence-corrected chi connectivity index (χ1v) is 9.26. The van der Waals surface area contributed by atoms with Crippen molar-refractivity contribution in [3.8, 4) is 0 Å². The highest BCUT2D eigenvalue weighted by molar-refractivity contribution is 7.98. The summed E-state index contributed by atoms with van der Waals surface area (Å²) in [5.74, 6) is -0.925. The van der Waals surface area contributed by atoms with Gasteiger partial charge in [-0.2, -0.15) is 0 Å². The van der Waals surface area contributed by atoms with Crippen LogP contribution in [0.4, 0.5) is 5.69 Å². The van der Waals surface area contributed by atoms with Gasteiger partial charge < -0.3 is 10.1 Å². The number of pyridine rings is 1. The predicted octanol–water partition coefficient (Wildman–Crippen LogP) is 4.06. The topological polar surface area (TPSA) is 68.3 Å². The van der Waals surface area contributed by atoms with E-state index in [1.807, 2.05) is 55.6 Å². The van der Waals surface area contributed by atoms with Crippen molar-refractivity contribution in [2.75, 3.05) is 18.2 Å². The van der Waals surface area contributed by atoms with E-state index in [1.54, 1.807) is 23.9 Å². The van der Waals surface area contributed by atoms with E-state index < -0.39 is 5.97 Å². The summed E-state index contributed by atoms with van der Waals surface area (Å²) in [5.41, 5.74) is 2.51. The quantitative estimate of drug-likeness (QED) is 0.545. The van der Waals surface area contributed by atoms with Crippen molar-refractivity contribution in [3.05, 3.63) is 65.9 Å². The number of anilines is 1. The number of fused-ring (bicyclic) bond motifs is 1. The molecular formula is C20H18N2O3S. The SMILES string of the molecule is CSc1cccc(NC(=O)COC(=O)c2cc(C)nc3ccccc23)c1. The number of ether oxygens (including phenoxy) is 1. The Morgan fingerprint density at radius 3 is 2.73 bits per heavy atom. The minimum absolute atomic E-state index is 0.349. The lowest BCUT2D eigenvalue weighted by molar-refractivity contribution is -0.119. The van der Waals surface area contributed by atoms with Gasteiger partial charge in [-0.15, -0.1) is 11.8 Å². The van der Waals surface area contributed by atoms with Gasteiger partial charge in [0.15, 0.2) is 6.61 Å². The molecule has 0 aliphatic rings. The normalized spacial score (nSPS) is 10.5. The Morgan fingerprint density at radius 1 is 1.12 bits per heavy atom. The van der Waals surface area contributed by atoms with E-state index in [9.17, 15) is 9.59 Å². The molecule has 0 atom stereocenters. The van der Waals surface area contributed by atoms with Crippen LogP contribution in [0.2, 0.25) is 0 Å². The fourth-order valence-electron chi connectivity index (χ4n) is 2.58. The molecule has 1 N–H and O–H groups in total. The number of para-hydroxylation sites is 1. The van der Waals surface area contributed by atoms with Crippen LogP contribution in [0.1, 0.15) is 16.1 Å². The molecule has 0 spiro atoms. The second-order valence-corrected chi connectivity index (χ2v) is 6.56. The van der Waals surface area contributed by atoms with Gasteiger partial charge in [-0.05, 0) is 43.5 Å². The number of aromatic nitrogens is 1. The summed E-state index contributed by atoms with van der Waals surface area (Å²) >= 11 is 1.59. The maximum Gasteiger partial charge on any atom is 0.339 e. The average Bonchev–Trinajstić information content (AvgIpc) is 2.65. The van der Waals surface area contributed by atoms with Crippen LogP contribution in [0.25, 0.3) is 10.9 Å². The van der Waals surface area contributed by atoms with Crippen molar-refractivity contribution in [2.24, 2.45) is 0 Å². The largest absolute Gasteiger partial charge is 0.452 e. The zero-order valence-electron chi connectivity index (χ0n) is 14.5. The van der Waals surface area contributed by atoms with Crippen LogP contribution < -0.4 is 5.32 Å². The number of benzene rings is 2. The lowest BCUT2D eigenvalue weighted by Gasteiger charge is -2.09. The summed E-state index contributed by atoms with van der Waals surface area (Å²) < 4.78 is 5.20. The number of hydrogen-bond acceptors (Lipinski definition) is 5. The Balaban J connectivity index is 1.68. The van der Waals surface area contributed by atoms with Crippen molar-refractivity contribution in [3.63, 3.8) is 0 Å². The van der Waals surface area contributed by atoms with Crippen LogP contribution in [0.5, 0.6) is 0 Å². The second-order valence-electron chi connectivity index (χ2n) is 5.68. The van der Waals surface area contributed by atoms with E-state index in [0.717, 1.165) is 10.4 Å². The number of nitrogens with one attached hydrogen (secondary N) is 1. The standard InChI is InChI=1S/C20H18N2O3S/c1-13-10-17(16-8-3-4-9-18(16)21-13)20(24)25-12-19(23)22-14-6-5-7-15(11-14)26-2/h3-11H,12H2,1-2H3,(H,22,23). The first-order chi connectivity index (χ1) is 12.6. The third kappa shape index (κ3) is 4.21. The number of amides is 1. The highest BCUT2D eigenvalue weighted by Gasteiger charge is 2.15. The van der Waals surface area contributed by atoms with E-state index in [-0.39, 0.29) is 12.5 Å². The minimum atomic E-state index is -0.542. The molecule has 3 aromatic rings. The Kier molecular flexibility index (Phi) is 5.53. The lowest BCUT2D eigenvalue weighted by Crippen LogP contribution is -2.21. The fourth-order valence-corrected chi connectivity index (χ4v) is 3.04. The summed E-state index contributed by atoms with van der Waals surface area (Å²) in [7, 11) is 0. The highest BCUT2D eigenvalue weighted by atomic mass is 32.2. The predicted molar refractivity (Wildman–Crippen MR) is 104 cm³/mol. The number of nitrogens with zero attached hydrogens (tertiary/aromatic N) is 1. The van der Waals surface area contributed by atoms with Gasteiger partial charge >= 0.3 is 5.97 Å². The molecule has 0 saturated heterocycles.